The number of ether oxygens (including phenoxy) is 1. The second-order valence-corrected chi connectivity index (χ2v) is 10.4. The summed E-state index contributed by atoms with van der Waals surface area (Å²) < 4.78 is 6.94. The van der Waals surface area contributed by atoms with E-state index in [-0.39, 0.29) is 11.8 Å². The van der Waals surface area contributed by atoms with Gasteiger partial charge in [-0.2, -0.15) is 16.9 Å². The van der Waals surface area contributed by atoms with Gasteiger partial charge in [-0.1, -0.05) is 37.3 Å². The van der Waals surface area contributed by atoms with E-state index in [9.17, 15) is 9.59 Å². The second kappa shape index (κ2) is 11.6. The van der Waals surface area contributed by atoms with Gasteiger partial charge in [0.25, 0.3) is 5.91 Å². The van der Waals surface area contributed by atoms with Crippen LogP contribution in [0, 0.1) is 0 Å². The highest BCUT2D eigenvalue weighted by atomic mass is 32.2. The van der Waals surface area contributed by atoms with E-state index >= 15 is 0 Å². The average molecular weight is 507 g/mol. The topological polar surface area (TPSA) is 76.5 Å². The van der Waals surface area contributed by atoms with E-state index < -0.39 is 5.54 Å². The van der Waals surface area contributed by atoms with Gasteiger partial charge in [0.1, 0.15) is 17.0 Å². The molecule has 0 unspecified atom stereocenters. The van der Waals surface area contributed by atoms with Gasteiger partial charge in [0.05, 0.1) is 19.3 Å². The number of aromatic nitrogens is 2. The number of hydrogen-bond donors (Lipinski definition) is 1. The molecule has 0 aliphatic carbocycles. The number of hydrogen-bond acceptors (Lipinski definition) is 5. The zero-order chi connectivity index (χ0) is 25.5. The molecule has 1 aliphatic heterocycles. The monoisotopic (exact) mass is 506 g/mol. The Balaban J connectivity index is 1.59. The van der Waals surface area contributed by atoms with Crippen LogP contribution in [0.2, 0.25) is 0 Å². The molecule has 0 bridgehead atoms. The third kappa shape index (κ3) is 5.59. The second-order valence-electron chi connectivity index (χ2n) is 9.17. The van der Waals surface area contributed by atoms with Crippen molar-refractivity contribution >= 4 is 23.6 Å². The molecule has 7 nitrogen and oxygen atoms in total. The van der Waals surface area contributed by atoms with Gasteiger partial charge in [-0.3, -0.25) is 14.3 Å². The van der Waals surface area contributed by atoms with Crippen molar-refractivity contribution < 1.29 is 14.3 Å². The molecule has 0 saturated heterocycles. The maximum atomic E-state index is 13.7. The van der Waals surface area contributed by atoms with Gasteiger partial charge in [-0.15, -0.1) is 0 Å². The van der Waals surface area contributed by atoms with Crippen LogP contribution in [0.5, 0.6) is 5.75 Å². The van der Waals surface area contributed by atoms with E-state index in [1.54, 1.807) is 16.7 Å². The van der Waals surface area contributed by atoms with E-state index in [1.165, 1.54) is 0 Å². The molecule has 3 aromatic rings. The van der Waals surface area contributed by atoms with Crippen molar-refractivity contribution in [2.45, 2.75) is 45.3 Å². The largest absolute Gasteiger partial charge is 0.497 e. The summed E-state index contributed by atoms with van der Waals surface area (Å²) in [5.41, 5.74) is 2.07. The first-order chi connectivity index (χ1) is 17.5. The SMILES string of the molecule is CCCSCCCN1C(=O)c2cc(-c3ccc(OC)cc3)nn2C[C@]1(C)C(=O)NCc1ccccc1. The Morgan fingerprint density at radius 1 is 1.14 bits per heavy atom. The van der Waals surface area contributed by atoms with Gasteiger partial charge in [0.2, 0.25) is 5.91 Å². The summed E-state index contributed by atoms with van der Waals surface area (Å²) in [4.78, 5) is 29.1. The van der Waals surface area contributed by atoms with Crippen LogP contribution in [0.1, 0.15) is 42.7 Å². The number of thioether (sulfide) groups is 1. The summed E-state index contributed by atoms with van der Waals surface area (Å²) >= 11 is 1.88. The number of nitrogens with one attached hydrogen (secondary N) is 1. The Hall–Kier alpha value is -3.26. The molecule has 8 heteroatoms. The summed E-state index contributed by atoms with van der Waals surface area (Å²) in [6.45, 7) is 5.24. The van der Waals surface area contributed by atoms with Crippen LogP contribution < -0.4 is 10.1 Å². The molecule has 2 aromatic carbocycles. The minimum atomic E-state index is -1.04. The third-order valence-corrected chi connectivity index (χ3v) is 7.76. The van der Waals surface area contributed by atoms with Crippen LogP contribution in [0.3, 0.4) is 0 Å². The molecule has 0 radical (unpaired) electrons. The molecule has 1 atom stereocenters. The molecular formula is C28H34N4O3S. The Bertz CT molecular complexity index is 1180. The van der Waals surface area contributed by atoms with Gasteiger partial charge >= 0.3 is 0 Å². The summed E-state index contributed by atoms with van der Waals surface area (Å²) in [6, 6.07) is 19.2. The first-order valence-corrected chi connectivity index (χ1v) is 13.6. The molecule has 0 fully saturated rings. The quantitative estimate of drug-likeness (QED) is 0.384. The molecule has 190 valence electrons. The highest BCUT2D eigenvalue weighted by molar-refractivity contribution is 7.99. The van der Waals surface area contributed by atoms with Crippen molar-refractivity contribution in [3.8, 4) is 17.0 Å². The number of carbonyl (C=O) groups is 2. The molecule has 1 N–H and O–H groups in total. The minimum Gasteiger partial charge on any atom is -0.497 e. The number of methoxy groups -OCH3 is 1. The molecule has 2 amide bonds. The van der Waals surface area contributed by atoms with E-state index in [0.29, 0.717) is 31.0 Å². The van der Waals surface area contributed by atoms with Crippen LogP contribution in [-0.2, 0) is 17.9 Å². The smallest absolute Gasteiger partial charge is 0.273 e. The molecule has 2 heterocycles. The molecule has 1 aromatic heterocycles. The number of nitrogens with zero attached hydrogens (tertiary/aromatic N) is 3. The Morgan fingerprint density at radius 3 is 2.58 bits per heavy atom. The fourth-order valence-corrected chi connectivity index (χ4v) is 5.26. The first kappa shape index (κ1) is 25.8. The Labute approximate surface area is 217 Å². The first-order valence-electron chi connectivity index (χ1n) is 12.4. The van der Waals surface area contributed by atoms with Crippen LogP contribution in [0.4, 0.5) is 0 Å². The standard InChI is InChI=1S/C28H34N4O3S/c1-4-16-36-17-8-15-31-26(33)25-18-24(22-11-13-23(35-3)14-12-22)30-32(25)20-28(31,2)27(34)29-19-21-9-6-5-7-10-21/h5-7,9-14,18H,4,8,15-17,19-20H2,1-3H3,(H,29,34)/t28-/m1/s1. The van der Waals surface area contributed by atoms with Crippen molar-refractivity contribution in [2.75, 3.05) is 25.2 Å². The lowest BCUT2D eigenvalue weighted by molar-refractivity contribution is -0.133. The third-order valence-electron chi connectivity index (χ3n) is 6.49. The minimum absolute atomic E-state index is 0.161. The number of benzene rings is 2. The van der Waals surface area contributed by atoms with E-state index in [1.807, 2.05) is 79.3 Å². The predicted molar refractivity (Wildman–Crippen MR) is 144 cm³/mol. The van der Waals surface area contributed by atoms with Gasteiger partial charge < -0.3 is 15.0 Å². The van der Waals surface area contributed by atoms with Crippen molar-refractivity contribution in [3.05, 3.63) is 71.9 Å². The number of rotatable bonds is 11. The van der Waals surface area contributed by atoms with Gasteiger partial charge in [0, 0.05) is 18.7 Å². The molecule has 1 aliphatic rings. The van der Waals surface area contributed by atoms with Crippen molar-refractivity contribution in [3.63, 3.8) is 0 Å². The summed E-state index contributed by atoms with van der Waals surface area (Å²) in [7, 11) is 1.63. The molecule has 36 heavy (non-hydrogen) atoms. The molecule has 0 spiro atoms. The van der Waals surface area contributed by atoms with Crippen LogP contribution in [0.25, 0.3) is 11.3 Å². The average Bonchev–Trinajstić information content (AvgIpc) is 3.33. The molecular weight excluding hydrogens is 472 g/mol. The predicted octanol–water partition coefficient (Wildman–Crippen LogP) is 4.62. The Morgan fingerprint density at radius 2 is 1.89 bits per heavy atom. The van der Waals surface area contributed by atoms with Crippen LogP contribution in [-0.4, -0.2) is 57.2 Å². The lowest BCUT2D eigenvalue weighted by atomic mass is 9.94. The Kier molecular flexibility index (Phi) is 8.36. The van der Waals surface area contributed by atoms with Crippen LogP contribution >= 0.6 is 11.8 Å². The van der Waals surface area contributed by atoms with E-state index in [2.05, 4.69) is 12.2 Å². The molecule has 4 rings (SSSR count). The van der Waals surface area contributed by atoms with Crippen molar-refractivity contribution in [2.24, 2.45) is 0 Å². The van der Waals surface area contributed by atoms with Crippen LogP contribution in [0.15, 0.2) is 60.7 Å². The van der Waals surface area contributed by atoms with Crippen molar-refractivity contribution in [1.82, 2.24) is 20.0 Å². The fourth-order valence-electron chi connectivity index (χ4n) is 4.43. The zero-order valence-corrected chi connectivity index (χ0v) is 22.0. The zero-order valence-electron chi connectivity index (χ0n) is 21.2. The fraction of sp³-hybridized carbons (Fsp3) is 0.393. The van der Waals surface area contributed by atoms with Gasteiger partial charge in [-0.05, 0) is 67.2 Å². The highest BCUT2D eigenvalue weighted by Crippen LogP contribution is 2.31. The lowest BCUT2D eigenvalue weighted by Gasteiger charge is -2.43. The van der Waals surface area contributed by atoms with E-state index in [4.69, 9.17) is 9.84 Å². The van der Waals surface area contributed by atoms with Gasteiger partial charge in [-0.25, -0.2) is 0 Å². The maximum absolute atomic E-state index is 13.7. The van der Waals surface area contributed by atoms with Gasteiger partial charge in [0.15, 0.2) is 0 Å². The summed E-state index contributed by atoms with van der Waals surface area (Å²) in [6.07, 6.45) is 1.96. The highest BCUT2D eigenvalue weighted by Gasteiger charge is 2.47. The summed E-state index contributed by atoms with van der Waals surface area (Å²) in [5, 5.41) is 7.78. The maximum Gasteiger partial charge on any atom is 0.273 e. The lowest BCUT2D eigenvalue weighted by Crippen LogP contribution is -2.64. The summed E-state index contributed by atoms with van der Waals surface area (Å²) in [5.74, 6) is 2.48. The van der Waals surface area contributed by atoms with Crippen molar-refractivity contribution in [1.29, 1.82) is 0 Å². The normalized spacial score (nSPS) is 17.1. The number of fused-ring (bicyclic) bond motifs is 1. The number of amides is 2. The number of carbonyl (C=O) groups excluding carboxylic acids is 2. The van der Waals surface area contributed by atoms with E-state index in [0.717, 1.165) is 41.2 Å². The molecule has 0 saturated carbocycles.